The standard InChI is InChI=1S/C20H33N3O2.HI/c1-4-21-20(23-14-11-19(12-15-23)24-5-2)22-13-6-16-25-18-9-7-17(3)8-10-18;/h7-10,19H,4-6,11-16H2,1-3H3,(H,21,22);1H. The maximum Gasteiger partial charge on any atom is 0.193 e. The number of hydrogen-bond donors (Lipinski definition) is 1. The molecule has 0 aromatic heterocycles. The Morgan fingerprint density at radius 1 is 1.19 bits per heavy atom. The van der Waals surface area contributed by atoms with E-state index in [0.29, 0.717) is 12.7 Å². The maximum atomic E-state index is 5.77. The lowest BCUT2D eigenvalue weighted by Crippen LogP contribution is -2.47. The van der Waals surface area contributed by atoms with Crippen molar-refractivity contribution in [2.75, 3.05) is 39.4 Å². The number of ether oxygens (including phenoxy) is 2. The van der Waals surface area contributed by atoms with Gasteiger partial charge in [-0.1, -0.05) is 17.7 Å². The zero-order chi connectivity index (χ0) is 17.9. The Labute approximate surface area is 175 Å². The highest BCUT2D eigenvalue weighted by Crippen LogP contribution is 2.14. The minimum absolute atomic E-state index is 0. The van der Waals surface area contributed by atoms with Gasteiger partial charge in [0, 0.05) is 39.2 Å². The maximum absolute atomic E-state index is 5.77. The van der Waals surface area contributed by atoms with E-state index in [9.17, 15) is 0 Å². The van der Waals surface area contributed by atoms with Gasteiger partial charge in [0.2, 0.25) is 0 Å². The van der Waals surface area contributed by atoms with Crippen molar-refractivity contribution in [3.05, 3.63) is 29.8 Å². The van der Waals surface area contributed by atoms with Crippen LogP contribution in [0.25, 0.3) is 0 Å². The molecule has 26 heavy (non-hydrogen) atoms. The lowest BCUT2D eigenvalue weighted by molar-refractivity contribution is 0.0264. The molecule has 0 amide bonds. The Morgan fingerprint density at radius 2 is 1.88 bits per heavy atom. The smallest absolute Gasteiger partial charge is 0.193 e. The monoisotopic (exact) mass is 475 g/mol. The van der Waals surface area contributed by atoms with Crippen LogP contribution < -0.4 is 10.1 Å². The lowest BCUT2D eigenvalue weighted by atomic mass is 10.1. The second kappa shape index (κ2) is 13.2. The van der Waals surface area contributed by atoms with Gasteiger partial charge in [-0.25, -0.2) is 0 Å². The van der Waals surface area contributed by atoms with E-state index in [1.165, 1.54) is 5.56 Å². The van der Waals surface area contributed by atoms with Gasteiger partial charge < -0.3 is 19.7 Å². The number of nitrogens with zero attached hydrogens (tertiary/aromatic N) is 2. The largest absolute Gasteiger partial charge is 0.494 e. The minimum Gasteiger partial charge on any atom is -0.494 e. The summed E-state index contributed by atoms with van der Waals surface area (Å²) in [5.41, 5.74) is 1.25. The molecule has 1 N–H and O–H groups in total. The molecule has 0 unspecified atom stereocenters. The van der Waals surface area contributed by atoms with E-state index in [1.807, 2.05) is 12.1 Å². The highest BCUT2D eigenvalue weighted by Gasteiger charge is 2.21. The Morgan fingerprint density at radius 3 is 2.50 bits per heavy atom. The van der Waals surface area contributed by atoms with Crippen molar-refractivity contribution in [1.82, 2.24) is 10.2 Å². The van der Waals surface area contributed by atoms with Crippen molar-refractivity contribution in [3.63, 3.8) is 0 Å². The molecular weight excluding hydrogens is 441 g/mol. The number of piperidine rings is 1. The van der Waals surface area contributed by atoms with Gasteiger partial charge in [0.05, 0.1) is 12.7 Å². The second-order valence-electron chi connectivity index (χ2n) is 6.39. The molecule has 1 heterocycles. The summed E-state index contributed by atoms with van der Waals surface area (Å²) >= 11 is 0. The predicted molar refractivity (Wildman–Crippen MR) is 119 cm³/mol. The third-order valence-corrected chi connectivity index (χ3v) is 4.33. The van der Waals surface area contributed by atoms with Crippen LogP contribution in [0.4, 0.5) is 0 Å². The quantitative estimate of drug-likeness (QED) is 0.269. The van der Waals surface area contributed by atoms with E-state index in [-0.39, 0.29) is 24.0 Å². The molecule has 1 aliphatic heterocycles. The molecule has 0 saturated carbocycles. The van der Waals surface area contributed by atoms with Crippen LogP contribution in [0.3, 0.4) is 0 Å². The average molecular weight is 475 g/mol. The molecule has 1 aromatic carbocycles. The number of rotatable bonds is 8. The Kier molecular flexibility index (Phi) is 11.7. The number of likely N-dealkylation sites (tertiary alicyclic amines) is 1. The van der Waals surface area contributed by atoms with E-state index in [2.05, 4.69) is 43.1 Å². The van der Waals surface area contributed by atoms with Gasteiger partial charge in [0.1, 0.15) is 5.75 Å². The summed E-state index contributed by atoms with van der Waals surface area (Å²) in [5.74, 6) is 1.95. The zero-order valence-electron chi connectivity index (χ0n) is 16.4. The number of aliphatic imine (C=N–C) groups is 1. The molecule has 5 nitrogen and oxygen atoms in total. The van der Waals surface area contributed by atoms with E-state index in [0.717, 1.165) is 63.8 Å². The minimum atomic E-state index is 0. The molecular formula is C20H34IN3O2. The number of nitrogens with one attached hydrogen (secondary N) is 1. The van der Waals surface area contributed by atoms with Crippen molar-refractivity contribution in [2.45, 2.75) is 46.1 Å². The first-order valence-electron chi connectivity index (χ1n) is 9.57. The van der Waals surface area contributed by atoms with Gasteiger partial charge >= 0.3 is 0 Å². The summed E-state index contributed by atoms with van der Waals surface area (Å²) in [6.07, 6.45) is 3.48. The fourth-order valence-electron chi connectivity index (χ4n) is 2.97. The summed E-state index contributed by atoms with van der Waals surface area (Å²) < 4.78 is 11.5. The van der Waals surface area contributed by atoms with Crippen molar-refractivity contribution in [1.29, 1.82) is 0 Å². The van der Waals surface area contributed by atoms with Gasteiger partial charge in [-0.15, -0.1) is 24.0 Å². The molecule has 1 saturated heterocycles. The number of hydrogen-bond acceptors (Lipinski definition) is 3. The number of aryl methyl sites for hydroxylation is 1. The molecule has 1 fully saturated rings. The number of halogens is 1. The normalized spacial score (nSPS) is 15.5. The van der Waals surface area contributed by atoms with Crippen molar-refractivity contribution in [3.8, 4) is 5.75 Å². The summed E-state index contributed by atoms with van der Waals surface area (Å²) in [4.78, 5) is 7.11. The van der Waals surface area contributed by atoms with Crippen LogP contribution in [0, 0.1) is 6.92 Å². The van der Waals surface area contributed by atoms with Gasteiger partial charge in [-0.05, 0) is 45.7 Å². The molecule has 6 heteroatoms. The third kappa shape index (κ3) is 8.12. The first kappa shape index (κ1) is 23.0. The number of guanidine groups is 1. The van der Waals surface area contributed by atoms with Gasteiger partial charge in [-0.3, -0.25) is 4.99 Å². The first-order chi connectivity index (χ1) is 12.2. The second-order valence-corrected chi connectivity index (χ2v) is 6.39. The number of benzene rings is 1. The highest BCUT2D eigenvalue weighted by atomic mass is 127. The molecule has 0 radical (unpaired) electrons. The van der Waals surface area contributed by atoms with E-state index in [4.69, 9.17) is 14.5 Å². The Hall–Kier alpha value is -1.02. The Bertz CT molecular complexity index is 514. The van der Waals surface area contributed by atoms with Crippen LogP contribution in [-0.4, -0.2) is 56.4 Å². The fourth-order valence-corrected chi connectivity index (χ4v) is 2.97. The fraction of sp³-hybridized carbons (Fsp3) is 0.650. The third-order valence-electron chi connectivity index (χ3n) is 4.33. The van der Waals surface area contributed by atoms with E-state index < -0.39 is 0 Å². The molecule has 148 valence electrons. The molecule has 0 spiro atoms. The topological polar surface area (TPSA) is 46.1 Å². The van der Waals surface area contributed by atoms with Crippen LogP contribution >= 0.6 is 24.0 Å². The van der Waals surface area contributed by atoms with Gasteiger partial charge in [-0.2, -0.15) is 0 Å². The van der Waals surface area contributed by atoms with Crippen LogP contribution in [0.1, 0.15) is 38.7 Å². The molecule has 0 aliphatic carbocycles. The molecule has 2 rings (SSSR count). The lowest BCUT2D eigenvalue weighted by Gasteiger charge is -2.34. The summed E-state index contributed by atoms with van der Waals surface area (Å²) in [5, 5.41) is 3.41. The van der Waals surface area contributed by atoms with E-state index >= 15 is 0 Å². The summed E-state index contributed by atoms with van der Waals surface area (Å²) in [7, 11) is 0. The summed E-state index contributed by atoms with van der Waals surface area (Å²) in [6.45, 7) is 11.5. The van der Waals surface area contributed by atoms with Crippen molar-refractivity contribution >= 4 is 29.9 Å². The van der Waals surface area contributed by atoms with Crippen LogP contribution in [-0.2, 0) is 4.74 Å². The Balaban J connectivity index is 0.00000338. The van der Waals surface area contributed by atoms with Crippen LogP contribution in [0.15, 0.2) is 29.3 Å². The van der Waals surface area contributed by atoms with Crippen molar-refractivity contribution < 1.29 is 9.47 Å². The molecule has 1 aromatic rings. The first-order valence-corrected chi connectivity index (χ1v) is 9.57. The molecule has 0 atom stereocenters. The highest BCUT2D eigenvalue weighted by molar-refractivity contribution is 14.0. The van der Waals surface area contributed by atoms with Gasteiger partial charge in [0.25, 0.3) is 0 Å². The summed E-state index contributed by atoms with van der Waals surface area (Å²) in [6, 6.07) is 8.18. The van der Waals surface area contributed by atoms with E-state index in [1.54, 1.807) is 0 Å². The zero-order valence-corrected chi connectivity index (χ0v) is 18.7. The predicted octanol–water partition coefficient (Wildman–Crippen LogP) is 3.85. The average Bonchev–Trinajstić information content (AvgIpc) is 2.63. The molecule has 1 aliphatic rings. The SMILES string of the molecule is CCNC(=NCCCOc1ccc(C)cc1)N1CCC(OCC)CC1.I. The van der Waals surface area contributed by atoms with Gasteiger partial charge in [0.15, 0.2) is 5.96 Å². The molecule has 0 bridgehead atoms. The van der Waals surface area contributed by atoms with Crippen molar-refractivity contribution in [2.24, 2.45) is 4.99 Å². The van der Waals surface area contributed by atoms with Crippen LogP contribution in [0.2, 0.25) is 0 Å². The van der Waals surface area contributed by atoms with Crippen LogP contribution in [0.5, 0.6) is 5.75 Å².